The third-order valence-electron chi connectivity index (χ3n) is 6.14. The van der Waals surface area contributed by atoms with E-state index in [-0.39, 0.29) is 19.1 Å². The van der Waals surface area contributed by atoms with Crippen LogP contribution in [0.2, 0.25) is 0 Å². The first-order valence-electron chi connectivity index (χ1n) is 12.5. The summed E-state index contributed by atoms with van der Waals surface area (Å²) in [5, 5.41) is 3.17. The standard InChI is InChI=1S/C30H30N2O7/c1-5-38-29(34)19-7-11-21(12-8-19)31-25-18-26(24-17-23(36-3)15-16-27(24)37-4)32(28(25)33)22-13-9-20(10-14-22)30(35)39-6-2/h7-18,26,31H,5-6H2,1-4H3. The van der Waals surface area contributed by atoms with E-state index in [1.54, 1.807) is 99.7 Å². The molecule has 0 fully saturated rings. The van der Waals surface area contributed by atoms with E-state index in [1.165, 1.54) is 0 Å². The predicted octanol–water partition coefficient (Wildman–Crippen LogP) is 5.14. The molecule has 9 heteroatoms. The minimum atomic E-state index is -0.544. The van der Waals surface area contributed by atoms with Crippen LogP contribution in [0, 0.1) is 0 Å². The van der Waals surface area contributed by atoms with Crippen molar-refractivity contribution in [1.29, 1.82) is 0 Å². The normalized spacial score (nSPS) is 14.5. The Morgan fingerprint density at radius 1 is 0.821 bits per heavy atom. The molecule has 0 aliphatic carbocycles. The lowest BCUT2D eigenvalue weighted by Gasteiger charge is -2.27. The zero-order valence-corrected chi connectivity index (χ0v) is 22.2. The van der Waals surface area contributed by atoms with Gasteiger partial charge in [0.25, 0.3) is 5.91 Å². The first kappa shape index (κ1) is 27.3. The van der Waals surface area contributed by atoms with Crippen LogP contribution in [0.5, 0.6) is 11.5 Å². The summed E-state index contributed by atoms with van der Waals surface area (Å²) < 4.78 is 21.2. The Morgan fingerprint density at radius 2 is 1.41 bits per heavy atom. The number of carbonyl (C=O) groups is 3. The first-order valence-corrected chi connectivity index (χ1v) is 12.5. The molecule has 39 heavy (non-hydrogen) atoms. The first-order chi connectivity index (χ1) is 18.9. The highest BCUT2D eigenvalue weighted by Gasteiger charge is 2.36. The number of carbonyl (C=O) groups excluding carboxylic acids is 3. The summed E-state index contributed by atoms with van der Waals surface area (Å²) in [7, 11) is 3.13. The average Bonchev–Trinajstić information content (AvgIpc) is 3.28. The van der Waals surface area contributed by atoms with Crippen molar-refractivity contribution in [2.45, 2.75) is 19.9 Å². The zero-order chi connectivity index (χ0) is 27.9. The van der Waals surface area contributed by atoms with Crippen molar-refractivity contribution < 1.29 is 33.3 Å². The molecule has 1 atom stereocenters. The van der Waals surface area contributed by atoms with Crippen LogP contribution in [0.25, 0.3) is 0 Å². The van der Waals surface area contributed by atoms with E-state index in [1.807, 2.05) is 6.07 Å². The van der Waals surface area contributed by atoms with Gasteiger partial charge in [-0.05, 0) is 86.7 Å². The molecule has 1 amide bonds. The molecular weight excluding hydrogens is 500 g/mol. The second kappa shape index (κ2) is 12.2. The molecule has 4 rings (SSSR count). The van der Waals surface area contributed by atoms with Crippen molar-refractivity contribution in [3.8, 4) is 11.5 Å². The Morgan fingerprint density at radius 3 is 1.95 bits per heavy atom. The van der Waals surface area contributed by atoms with Crippen LogP contribution in [0.1, 0.15) is 46.2 Å². The van der Waals surface area contributed by atoms with E-state index in [4.69, 9.17) is 18.9 Å². The van der Waals surface area contributed by atoms with Gasteiger partial charge in [0.2, 0.25) is 0 Å². The second-order valence-corrected chi connectivity index (χ2v) is 8.50. The maximum atomic E-state index is 13.8. The SMILES string of the molecule is CCOC(=O)c1ccc(NC2=CC(c3cc(OC)ccc3OC)N(c3ccc(C(=O)OCC)cc3)C2=O)cc1. The summed E-state index contributed by atoms with van der Waals surface area (Å²) in [6.45, 7) is 4.04. The Bertz CT molecular complexity index is 1380. The number of nitrogens with zero attached hydrogens (tertiary/aromatic N) is 1. The fraction of sp³-hybridized carbons (Fsp3) is 0.233. The van der Waals surface area contributed by atoms with Gasteiger partial charge in [0, 0.05) is 16.9 Å². The van der Waals surface area contributed by atoms with E-state index in [2.05, 4.69) is 5.32 Å². The topological polar surface area (TPSA) is 103 Å². The average molecular weight is 531 g/mol. The van der Waals surface area contributed by atoms with E-state index >= 15 is 0 Å². The van der Waals surface area contributed by atoms with Crippen LogP contribution in [0.15, 0.2) is 78.5 Å². The van der Waals surface area contributed by atoms with E-state index in [0.717, 1.165) is 0 Å². The van der Waals surface area contributed by atoms with Gasteiger partial charge >= 0.3 is 11.9 Å². The number of benzene rings is 3. The predicted molar refractivity (Wildman–Crippen MR) is 146 cm³/mol. The monoisotopic (exact) mass is 530 g/mol. The van der Waals surface area contributed by atoms with Crippen molar-refractivity contribution >= 4 is 29.2 Å². The number of rotatable bonds is 10. The third kappa shape index (κ3) is 5.87. The molecule has 1 aliphatic rings. The highest BCUT2D eigenvalue weighted by atomic mass is 16.5. The fourth-order valence-electron chi connectivity index (χ4n) is 4.26. The molecule has 0 spiro atoms. The highest BCUT2D eigenvalue weighted by Crippen LogP contribution is 2.41. The van der Waals surface area contributed by atoms with Crippen molar-refractivity contribution in [2.75, 3.05) is 37.7 Å². The van der Waals surface area contributed by atoms with Crippen LogP contribution in [-0.4, -0.2) is 45.3 Å². The number of anilines is 2. The molecule has 3 aromatic carbocycles. The number of esters is 2. The lowest BCUT2D eigenvalue weighted by atomic mass is 10.0. The van der Waals surface area contributed by atoms with Gasteiger partial charge in [0.15, 0.2) is 0 Å². The number of nitrogens with one attached hydrogen (secondary N) is 1. The summed E-state index contributed by atoms with van der Waals surface area (Å²) in [4.78, 5) is 39.6. The van der Waals surface area contributed by atoms with Gasteiger partial charge in [-0.2, -0.15) is 0 Å². The summed E-state index contributed by atoms with van der Waals surface area (Å²) in [5.41, 5.74) is 3.05. The molecule has 0 saturated carbocycles. The fourth-order valence-corrected chi connectivity index (χ4v) is 4.26. The summed E-state index contributed by atoms with van der Waals surface area (Å²) in [6.07, 6.45) is 1.80. The van der Waals surface area contributed by atoms with Gasteiger partial charge < -0.3 is 24.3 Å². The minimum Gasteiger partial charge on any atom is -0.497 e. The van der Waals surface area contributed by atoms with Crippen LogP contribution >= 0.6 is 0 Å². The van der Waals surface area contributed by atoms with Crippen molar-refractivity contribution in [3.63, 3.8) is 0 Å². The third-order valence-corrected chi connectivity index (χ3v) is 6.14. The van der Waals surface area contributed by atoms with Crippen LogP contribution in [0.4, 0.5) is 11.4 Å². The van der Waals surface area contributed by atoms with Gasteiger partial charge in [-0.1, -0.05) is 0 Å². The number of hydrogen-bond donors (Lipinski definition) is 1. The maximum Gasteiger partial charge on any atom is 0.338 e. The van der Waals surface area contributed by atoms with Crippen LogP contribution in [-0.2, 0) is 14.3 Å². The molecule has 0 bridgehead atoms. The molecule has 1 heterocycles. The molecule has 202 valence electrons. The molecule has 3 aromatic rings. The summed E-state index contributed by atoms with van der Waals surface area (Å²) >= 11 is 0. The maximum absolute atomic E-state index is 13.8. The Kier molecular flexibility index (Phi) is 8.50. The van der Waals surface area contributed by atoms with Gasteiger partial charge in [0.1, 0.15) is 17.2 Å². The number of methoxy groups -OCH3 is 2. The van der Waals surface area contributed by atoms with Crippen molar-refractivity contribution in [1.82, 2.24) is 0 Å². The molecule has 1 N–H and O–H groups in total. The molecular formula is C30H30N2O7. The lowest BCUT2D eigenvalue weighted by molar-refractivity contribution is -0.114. The van der Waals surface area contributed by atoms with E-state index in [0.29, 0.717) is 45.3 Å². The summed E-state index contributed by atoms with van der Waals surface area (Å²) in [5.74, 6) is 0.0545. The molecule has 0 radical (unpaired) electrons. The van der Waals surface area contributed by atoms with Crippen LogP contribution < -0.4 is 19.7 Å². The second-order valence-electron chi connectivity index (χ2n) is 8.50. The molecule has 1 aliphatic heterocycles. The number of amides is 1. The van der Waals surface area contributed by atoms with E-state index < -0.39 is 18.0 Å². The smallest absolute Gasteiger partial charge is 0.338 e. The molecule has 9 nitrogen and oxygen atoms in total. The quantitative estimate of drug-likeness (QED) is 0.360. The Hall–Kier alpha value is -4.79. The molecule has 0 saturated heterocycles. The van der Waals surface area contributed by atoms with Gasteiger partial charge in [0.05, 0.1) is 44.6 Å². The number of ether oxygens (including phenoxy) is 4. The van der Waals surface area contributed by atoms with Crippen molar-refractivity contribution in [3.05, 3.63) is 95.2 Å². The van der Waals surface area contributed by atoms with E-state index in [9.17, 15) is 14.4 Å². The molecule has 1 unspecified atom stereocenters. The van der Waals surface area contributed by atoms with Gasteiger partial charge in [-0.25, -0.2) is 9.59 Å². The summed E-state index contributed by atoms with van der Waals surface area (Å²) in [6, 6.07) is 18.2. The highest BCUT2D eigenvalue weighted by molar-refractivity contribution is 6.11. The molecule has 0 aromatic heterocycles. The lowest BCUT2D eigenvalue weighted by Crippen LogP contribution is -2.31. The largest absolute Gasteiger partial charge is 0.497 e. The van der Waals surface area contributed by atoms with Crippen LogP contribution in [0.3, 0.4) is 0 Å². The minimum absolute atomic E-state index is 0.266. The van der Waals surface area contributed by atoms with Gasteiger partial charge in [-0.15, -0.1) is 0 Å². The van der Waals surface area contributed by atoms with Crippen molar-refractivity contribution in [2.24, 2.45) is 0 Å². The Balaban J connectivity index is 1.71. The zero-order valence-electron chi connectivity index (χ0n) is 22.2. The number of hydrogen-bond acceptors (Lipinski definition) is 8. The Labute approximate surface area is 226 Å². The van der Waals surface area contributed by atoms with Gasteiger partial charge in [-0.3, -0.25) is 9.69 Å².